The number of unbranched alkanes of at least 4 members (excludes halogenated alkanes) is 1. The van der Waals surface area contributed by atoms with E-state index in [4.69, 9.17) is 9.47 Å². The molecule has 0 aliphatic carbocycles. The summed E-state index contributed by atoms with van der Waals surface area (Å²) in [6.07, 6.45) is 2.74. The van der Waals surface area contributed by atoms with Crippen LogP contribution in [0.3, 0.4) is 0 Å². The number of rotatable bonds is 9. The number of hydrogen-bond donors (Lipinski definition) is 1. The maximum Gasteiger partial charge on any atom is 0.217 e. The third-order valence-corrected chi connectivity index (χ3v) is 4.02. The van der Waals surface area contributed by atoms with Crippen LogP contribution >= 0.6 is 0 Å². The molecule has 1 amide bonds. The molecule has 0 spiro atoms. The number of benzene rings is 1. The Bertz CT molecular complexity index is 545. The van der Waals surface area contributed by atoms with Crippen LogP contribution in [0.2, 0.25) is 0 Å². The predicted molar refractivity (Wildman–Crippen MR) is 95.2 cm³/mol. The Hall–Kier alpha value is -1.88. The monoisotopic (exact) mass is 332 g/mol. The van der Waals surface area contributed by atoms with Crippen LogP contribution in [0.5, 0.6) is 0 Å². The fourth-order valence-corrected chi connectivity index (χ4v) is 2.71. The molecule has 1 aromatic rings. The van der Waals surface area contributed by atoms with Gasteiger partial charge in [0.2, 0.25) is 11.8 Å². The minimum Gasteiger partial charge on any atom is -0.477 e. The molecular formula is C19H28N2O3. The first kappa shape index (κ1) is 18.5. The molecule has 0 saturated heterocycles. The number of carbonyl (C=O) groups is 1. The lowest BCUT2D eigenvalue weighted by molar-refractivity contribution is -0.120. The first-order chi connectivity index (χ1) is 11.6. The van der Waals surface area contributed by atoms with E-state index in [1.165, 1.54) is 12.5 Å². The number of ether oxygens (including phenoxy) is 2. The van der Waals surface area contributed by atoms with Crippen LogP contribution in [-0.4, -0.2) is 43.2 Å². The van der Waals surface area contributed by atoms with Crippen LogP contribution in [0, 0.1) is 0 Å². The van der Waals surface area contributed by atoms with Crippen molar-refractivity contribution in [1.82, 2.24) is 5.32 Å². The molecule has 5 nitrogen and oxygen atoms in total. The zero-order valence-corrected chi connectivity index (χ0v) is 14.8. The number of hydrogen-bond acceptors (Lipinski definition) is 4. The van der Waals surface area contributed by atoms with Crippen molar-refractivity contribution in [1.29, 1.82) is 0 Å². The van der Waals surface area contributed by atoms with E-state index in [1.807, 2.05) is 25.1 Å². The van der Waals surface area contributed by atoms with Gasteiger partial charge in [-0.1, -0.05) is 43.7 Å². The summed E-state index contributed by atoms with van der Waals surface area (Å²) >= 11 is 0. The number of aliphatic imine (C=N–C) groups is 1. The molecule has 1 N–H and O–H groups in total. The lowest BCUT2D eigenvalue weighted by Gasteiger charge is -2.24. The highest BCUT2D eigenvalue weighted by Gasteiger charge is 2.31. The first-order valence-corrected chi connectivity index (χ1v) is 8.73. The van der Waals surface area contributed by atoms with E-state index in [0.717, 1.165) is 19.3 Å². The van der Waals surface area contributed by atoms with Crippen molar-refractivity contribution in [2.24, 2.45) is 4.99 Å². The summed E-state index contributed by atoms with van der Waals surface area (Å²) in [7, 11) is 0. The molecule has 0 unspecified atom stereocenters. The van der Waals surface area contributed by atoms with Crippen LogP contribution in [0.15, 0.2) is 35.3 Å². The molecule has 0 fully saturated rings. The molecule has 5 heteroatoms. The summed E-state index contributed by atoms with van der Waals surface area (Å²) in [5.74, 6) is 0.471. The Labute approximate surface area is 144 Å². The second-order valence-electron chi connectivity index (χ2n) is 6.23. The van der Waals surface area contributed by atoms with Crippen LogP contribution in [0.4, 0.5) is 0 Å². The van der Waals surface area contributed by atoms with Crippen LogP contribution in [-0.2, 0) is 20.7 Å². The van der Waals surface area contributed by atoms with Crippen LogP contribution in [0.1, 0.15) is 39.2 Å². The SMILES string of the molecule is CCCCO[C@@H](C)[C@H](NC(C)=O)C1=N[C@@H](Cc2ccccc2)CO1. The Morgan fingerprint density at radius 2 is 2.17 bits per heavy atom. The molecule has 24 heavy (non-hydrogen) atoms. The standard InChI is InChI=1S/C19H28N2O3/c1-4-5-11-23-14(2)18(20-15(3)22)19-21-17(13-24-19)12-16-9-7-6-8-10-16/h6-10,14,17-18H,4-5,11-13H2,1-3H3,(H,20,22)/t14-,17-,18-/m0/s1. The third-order valence-electron chi connectivity index (χ3n) is 4.02. The summed E-state index contributed by atoms with van der Waals surface area (Å²) in [6.45, 7) is 6.80. The second kappa shape index (κ2) is 9.42. The summed E-state index contributed by atoms with van der Waals surface area (Å²) in [5.41, 5.74) is 1.24. The Balaban J connectivity index is 2.00. The third kappa shape index (κ3) is 5.64. The molecule has 1 aromatic carbocycles. The predicted octanol–water partition coefficient (Wildman–Crippen LogP) is 2.74. The van der Waals surface area contributed by atoms with Crippen molar-refractivity contribution in [3.63, 3.8) is 0 Å². The quantitative estimate of drug-likeness (QED) is 0.707. The summed E-state index contributed by atoms with van der Waals surface area (Å²) in [4.78, 5) is 16.2. The topological polar surface area (TPSA) is 59.9 Å². The summed E-state index contributed by atoms with van der Waals surface area (Å²) < 4.78 is 11.6. The number of nitrogens with zero attached hydrogens (tertiary/aromatic N) is 1. The Morgan fingerprint density at radius 3 is 2.83 bits per heavy atom. The van der Waals surface area contributed by atoms with E-state index < -0.39 is 0 Å². The lowest BCUT2D eigenvalue weighted by atomic mass is 10.1. The average Bonchev–Trinajstić information content (AvgIpc) is 3.01. The van der Waals surface area contributed by atoms with Gasteiger partial charge in [0.25, 0.3) is 0 Å². The van der Waals surface area contributed by atoms with E-state index in [2.05, 4.69) is 29.4 Å². The van der Waals surface area contributed by atoms with Crippen LogP contribution < -0.4 is 5.32 Å². The fraction of sp³-hybridized carbons (Fsp3) is 0.579. The van der Waals surface area contributed by atoms with Gasteiger partial charge in [-0.05, 0) is 25.3 Å². The van der Waals surface area contributed by atoms with Crippen molar-refractivity contribution in [2.75, 3.05) is 13.2 Å². The summed E-state index contributed by atoms with van der Waals surface area (Å²) in [6, 6.07) is 10.00. The van der Waals surface area contributed by atoms with E-state index >= 15 is 0 Å². The molecule has 1 heterocycles. The first-order valence-electron chi connectivity index (χ1n) is 8.73. The van der Waals surface area contributed by atoms with Gasteiger partial charge >= 0.3 is 0 Å². The number of amides is 1. The molecule has 3 atom stereocenters. The fourth-order valence-electron chi connectivity index (χ4n) is 2.71. The lowest BCUT2D eigenvalue weighted by Crippen LogP contribution is -2.48. The van der Waals surface area contributed by atoms with Crippen molar-refractivity contribution in [3.05, 3.63) is 35.9 Å². The maximum absolute atomic E-state index is 11.5. The molecular weight excluding hydrogens is 304 g/mol. The van der Waals surface area contributed by atoms with Gasteiger partial charge in [-0.15, -0.1) is 0 Å². The summed E-state index contributed by atoms with van der Waals surface area (Å²) in [5, 5.41) is 2.91. The zero-order chi connectivity index (χ0) is 17.4. The largest absolute Gasteiger partial charge is 0.477 e. The number of nitrogens with one attached hydrogen (secondary N) is 1. The molecule has 0 aromatic heterocycles. The Kier molecular flexibility index (Phi) is 7.25. The van der Waals surface area contributed by atoms with Gasteiger partial charge in [0.05, 0.1) is 12.1 Å². The zero-order valence-electron chi connectivity index (χ0n) is 14.8. The molecule has 0 saturated carbocycles. The normalized spacial score (nSPS) is 19.3. The highest BCUT2D eigenvalue weighted by Crippen LogP contribution is 2.16. The van der Waals surface area contributed by atoms with Gasteiger partial charge in [0, 0.05) is 13.5 Å². The van der Waals surface area contributed by atoms with E-state index in [-0.39, 0.29) is 24.1 Å². The van der Waals surface area contributed by atoms with Gasteiger partial charge < -0.3 is 14.8 Å². The van der Waals surface area contributed by atoms with Crippen molar-refractivity contribution < 1.29 is 14.3 Å². The van der Waals surface area contributed by atoms with Gasteiger partial charge in [0.1, 0.15) is 12.6 Å². The van der Waals surface area contributed by atoms with Gasteiger partial charge in [-0.25, -0.2) is 4.99 Å². The van der Waals surface area contributed by atoms with Crippen LogP contribution in [0.25, 0.3) is 0 Å². The Morgan fingerprint density at radius 1 is 1.42 bits per heavy atom. The highest BCUT2D eigenvalue weighted by atomic mass is 16.5. The van der Waals surface area contributed by atoms with E-state index in [1.54, 1.807) is 0 Å². The van der Waals surface area contributed by atoms with Crippen molar-refractivity contribution in [2.45, 2.75) is 58.2 Å². The highest BCUT2D eigenvalue weighted by molar-refractivity contribution is 5.88. The van der Waals surface area contributed by atoms with Crippen molar-refractivity contribution in [3.8, 4) is 0 Å². The maximum atomic E-state index is 11.5. The average molecular weight is 332 g/mol. The molecule has 0 bridgehead atoms. The van der Waals surface area contributed by atoms with Gasteiger partial charge in [-0.3, -0.25) is 4.79 Å². The van der Waals surface area contributed by atoms with Gasteiger partial charge in [-0.2, -0.15) is 0 Å². The second-order valence-corrected chi connectivity index (χ2v) is 6.23. The molecule has 132 valence electrons. The molecule has 1 aliphatic heterocycles. The molecule has 2 rings (SSSR count). The minimum atomic E-state index is -0.333. The smallest absolute Gasteiger partial charge is 0.217 e. The van der Waals surface area contributed by atoms with E-state index in [9.17, 15) is 4.79 Å². The number of carbonyl (C=O) groups excluding carboxylic acids is 1. The van der Waals surface area contributed by atoms with Crippen molar-refractivity contribution >= 4 is 11.8 Å². The molecule has 0 radical (unpaired) electrons. The van der Waals surface area contributed by atoms with E-state index in [0.29, 0.717) is 19.1 Å². The van der Waals surface area contributed by atoms with Gasteiger partial charge in [0.15, 0.2) is 0 Å². The minimum absolute atomic E-state index is 0.0847. The molecule has 1 aliphatic rings.